The van der Waals surface area contributed by atoms with Gasteiger partial charge in [0.1, 0.15) is 10.6 Å². The van der Waals surface area contributed by atoms with E-state index in [0.29, 0.717) is 0 Å². The van der Waals surface area contributed by atoms with Crippen LogP contribution in [0.25, 0.3) is 42.5 Å². The van der Waals surface area contributed by atoms with Crippen LogP contribution in [0.15, 0.2) is 66.9 Å². The average molecular weight is 328 g/mol. The van der Waals surface area contributed by atoms with Crippen molar-refractivity contribution < 1.29 is 5.11 Å². The molecule has 24 heavy (non-hydrogen) atoms. The Labute approximate surface area is 141 Å². The van der Waals surface area contributed by atoms with Crippen molar-refractivity contribution in [3.63, 3.8) is 0 Å². The van der Waals surface area contributed by atoms with Crippen LogP contribution in [-0.2, 0) is 0 Å². The Balaban J connectivity index is 1.95. The van der Waals surface area contributed by atoms with Crippen molar-refractivity contribution in [3.8, 4) is 16.3 Å². The van der Waals surface area contributed by atoms with Crippen LogP contribution in [-0.4, -0.2) is 15.1 Å². The Morgan fingerprint density at radius 2 is 1.46 bits per heavy atom. The first-order valence-corrected chi connectivity index (χ1v) is 8.49. The first-order chi connectivity index (χ1) is 11.8. The number of aromatic nitrogens is 2. The van der Waals surface area contributed by atoms with Crippen LogP contribution in [0.5, 0.6) is 5.75 Å². The summed E-state index contributed by atoms with van der Waals surface area (Å²) in [6.45, 7) is 0. The molecule has 0 radical (unpaired) electrons. The molecular formula is C20H12N2OS. The monoisotopic (exact) mass is 328 g/mol. The van der Waals surface area contributed by atoms with Crippen LogP contribution in [0.3, 0.4) is 0 Å². The van der Waals surface area contributed by atoms with Gasteiger partial charge in [0.05, 0.1) is 21.5 Å². The van der Waals surface area contributed by atoms with Gasteiger partial charge in [-0.2, -0.15) is 0 Å². The molecule has 0 fully saturated rings. The van der Waals surface area contributed by atoms with E-state index < -0.39 is 0 Å². The normalized spacial score (nSPS) is 11.5. The van der Waals surface area contributed by atoms with Crippen LogP contribution < -0.4 is 0 Å². The van der Waals surface area contributed by atoms with E-state index in [0.717, 1.165) is 42.5 Å². The Morgan fingerprint density at radius 1 is 0.750 bits per heavy atom. The molecule has 0 aliphatic heterocycles. The van der Waals surface area contributed by atoms with Crippen molar-refractivity contribution in [2.24, 2.45) is 0 Å². The molecule has 0 aliphatic carbocycles. The quantitative estimate of drug-likeness (QED) is 0.421. The molecule has 0 unspecified atom stereocenters. The number of hydrogen-bond donors (Lipinski definition) is 1. The molecule has 3 heterocycles. The van der Waals surface area contributed by atoms with Crippen molar-refractivity contribution in [1.29, 1.82) is 0 Å². The fourth-order valence-corrected chi connectivity index (χ4v) is 4.20. The molecule has 0 saturated carbocycles. The van der Waals surface area contributed by atoms with Gasteiger partial charge in [0.25, 0.3) is 0 Å². The highest BCUT2D eigenvalue weighted by Crippen LogP contribution is 2.44. The molecule has 4 heteroatoms. The average Bonchev–Trinajstić information content (AvgIpc) is 2.98. The molecule has 5 rings (SSSR count). The summed E-state index contributed by atoms with van der Waals surface area (Å²) in [5, 5.41) is 14.8. The second kappa shape index (κ2) is 5.01. The lowest BCUT2D eigenvalue weighted by Crippen LogP contribution is -1.87. The molecule has 0 bridgehead atoms. The van der Waals surface area contributed by atoms with E-state index in [9.17, 15) is 5.11 Å². The largest absolute Gasteiger partial charge is 0.506 e. The molecule has 2 aromatic carbocycles. The molecule has 3 nitrogen and oxygen atoms in total. The second-order valence-electron chi connectivity index (χ2n) is 5.66. The standard InChI is InChI=1S/C20H12N2OS/c23-18-15-9-5-11-21-20(15)24-19(18)17-14-8-2-1-6-12(14)13-7-3-4-10-16(13)22-17/h1-11,23H. The highest BCUT2D eigenvalue weighted by Gasteiger charge is 2.18. The van der Waals surface area contributed by atoms with E-state index in [-0.39, 0.29) is 5.75 Å². The first-order valence-electron chi connectivity index (χ1n) is 7.67. The maximum absolute atomic E-state index is 10.7. The van der Waals surface area contributed by atoms with Crippen molar-refractivity contribution in [2.45, 2.75) is 0 Å². The SMILES string of the molecule is Oc1c(-c2nc3ccccc3c3ccccc23)sc2ncccc12. The van der Waals surface area contributed by atoms with Gasteiger partial charge in [0, 0.05) is 17.0 Å². The van der Waals surface area contributed by atoms with E-state index in [1.54, 1.807) is 6.20 Å². The van der Waals surface area contributed by atoms with Gasteiger partial charge < -0.3 is 5.11 Å². The minimum Gasteiger partial charge on any atom is -0.506 e. The number of para-hydroxylation sites is 1. The highest BCUT2D eigenvalue weighted by molar-refractivity contribution is 7.22. The minimum atomic E-state index is 0.260. The Kier molecular flexibility index (Phi) is 2.81. The molecule has 1 N–H and O–H groups in total. The predicted molar refractivity (Wildman–Crippen MR) is 99.5 cm³/mol. The molecule has 5 aromatic rings. The fraction of sp³-hybridized carbons (Fsp3) is 0. The van der Waals surface area contributed by atoms with Crippen molar-refractivity contribution in [1.82, 2.24) is 9.97 Å². The number of rotatable bonds is 1. The number of nitrogens with zero attached hydrogens (tertiary/aromatic N) is 2. The third-order valence-corrected chi connectivity index (χ3v) is 5.37. The molecule has 0 aliphatic rings. The number of pyridine rings is 2. The zero-order valence-electron chi connectivity index (χ0n) is 12.6. The molecule has 3 aromatic heterocycles. The fourth-order valence-electron chi connectivity index (χ4n) is 3.16. The first kappa shape index (κ1) is 13.5. The van der Waals surface area contributed by atoms with Crippen molar-refractivity contribution >= 4 is 43.2 Å². The summed E-state index contributed by atoms with van der Waals surface area (Å²) in [7, 11) is 0. The number of aromatic hydroxyl groups is 1. The number of thiophene rings is 1. The van der Waals surface area contributed by atoms with E-state index in [1.165, 1.54) is 11.3 Å². The summed E-state index contributed by atoms with van der Waals surface area (Å²) >= 11 is 1.48. The van der Waals surface area contributed by atoms with Crippen LogP contribution in [0.1, 0.15) is 0 Å². The molecule has 0 amide bonds. The zero-order chi connectivity index (χ0) is 16.1. The number of hydrogen-bond acceptors (Lipinski definition) is 4. The topological polar surface area (TPSA) is 46.0 Å². The minimum absolute atomic E-state index is 0.260. The van der Waals surface area contributed by atoms with E-state index in [1.807, 2.05) is 42.5 Å². The molecule has 0 spiro atoms. The second-order valence-corrected chi connectivity index (χ2v) is 6.66. The molecular weight excluding hydrogens is 316 g/mol. The van der Waals surface area contributed by atoms with Gasteiger partial charge in [0.15, 0.2) is 0 Å². The Morgan fingerprint density at radius 3 is 2.29 bits per heavy atom. The maximum Gasteiger partial charge on any atom is 0.145 e. The van der Waals surface area contributed by atoms with Crippen LogP contribution in [0.4, 0.5) is 0 Å². The molecule has 0 atom stereocenters. The van der Waals surface area contributed by atoms with Gasteiger partial charge in [-0.15, -0.1) is 11.3 Å². The summed E-state index contributed by atoms with van der Waals surface area (Å²) < 4.78 is 0. The van der Waals surface area contributed by atoms with Crippen LogP contribution >= 0.6 is 11.3 Å². The summed E-state index contributed by atoms with van der Waals surface area (Å²) in [4.78, 5) is 10.8. The van der Waals surface area contributed by atoms with Crippen LogP contribution in [0.2, 0.25) is 0 Å². The summed E-state index contributed by atoms with van der Waals surface area (Å²) in [6, 6.07) is 20.0. The van der Waals surface area contributed by atoms with Gasteiger partial charge in [-0.25, -0.2) is 9.97 Å². The third kappa shape index (κ3) is 1.83. The van der Waals surface area contributed by atoms with E-state index in [4.69, 9.17) is 4.98 Å². The van der Waals surface area contributed by atoms with Crippen molar-refractivity contribution in [3.05, 3.63) is 66.9 Å². The zero-order valence-corrected chi connectivity index (χ0v) is 13.4. The third-order valence-electron chi connectivity index (χ3n) is 4.26. The smallest absolute Gasteiger partial charge is 0.145 e. The Bertz CT molecular complexity index is 1230. The predicted octanol–water partition coefficient (Wildman–Crippen LogP) is 5.37. The Hall–Kier alpha value is -2.98. The number of fused-ring (bicyclic) bond motifs is 4. The van der Waals surface area contributed by atoms with Gasteiger partial charge in [-0.05, 0) is 23.6 Å². The lowest BCUT2D eigenvalue weighted by atomic mass is 10.0. The van der Waals surface area contributed by atoms with Gasteiger partial charge in [-0.1, -0.05) is 42.5 Å². The lowest BCUT2D eigenvalue weighted by molar-refractivity contribution is 0.485. The van der Waals surface area contributed by atoms with Gasteiger partial charge in [-0.3, -0.25) is 0 Å². The van der Waals surface area contributed by atoms with Gasteiger partial charge in [0.2, 0.25) is 0 Å². The summed E-state index contributed by atoms with van der Waals surface area (Å²) in [5.41, 5.74) is 1.74. The summed E-state index contributed by atoms with van der Waals surface area (Å²) in [5.74, 6) is 0.260. The molecule has 114 valence electrons. The van der Waals surface area contributed by atoms with E-state index in [2.05, 4.69) is 23.2 Å². The number of benzene rings is 2. The van der Waals surface area contributed by atoms with Crippen molar-refractivity contribution in [2.75, 3.05) is 0 Å². The van der Waals surface area contributed by atoms with Gasteiger partial charge >= 0.3 is 0 Å². The van der Waals surface area contributed by atoms with Crippen LogP contribution in [0, 0.1) is 0 Å². The van der Waals surface area contributed by atoms with E-state index >= 15 is 0 Å². The summed E-state index contributed by atoms with van der Waals surface area (Å²) in [6.07, 6.45) is 1.74. The lowest BCUT2D eigenvalue weighted by Gasteiger charge is -2.08. The highest BCUT2D eigenvalue weighted by atomic mass is 32.1. The molecule has 0 saturated heterocycles. The maximum atomic E-state index is 10.7.